The van der Waals surface area contributed by atoms with Gasteiger partial charge in [0.2, 0.25) is 5.91 Å². The van der Waals surface area contributed by atoms with Gasteiger partial charge in [0.1, 0.15) is 5.69 Å². The maximum atomic E-state index is 13.4. The van der Waals surface area contributed by atoms with E-state index < -0.39 is 0 Å². The maximum Gasteiger partial charge on any atom is 0.272 e. The summed E-state index contributed by atoms with van der Waals surface area (Å²) >= 11 is 0. The molecule has 1 heterocycles. The number of benzene rings is 3. The fourth-order valence-electron chi connectivity index (χ4n) is 4.30. The topological polar surface area (TPSA) is 63.1 Å². The summed E-state index contributed by atoms with van der Waals surface area (Å²) < 4.78 is 2.04. The molecule has 0 bridgehead atoms. The largest absolute Gasteiger partial charge is 0.332 e. The van der Waals surface area contributed by atoms with E-state index in [1.165, 1.54) is 5.56 Å². The van der Waals surface area contributed by atoms with E-state index in [0.717, 1.165) is 27.8 Å². The van der Waals surface area contributed by atoms with Gasteiger partial charge in [-0.3, -0.25) is 9.59 Å². The highest BCUT2D eigenvalue weighted by Gasteiger charge is 2.18. The molecule has 0 unspecified atom stereocenters. The molecule has 0 saturated carbocycles. The fourth-order valence-corrected chi connectivity index (χ4v) is 4.30. The zero-order chi connectivity index (χ0) is 25.9. The van der Waals surface area contributed by atoms with Crippen LogP contribution in [0.2, 0.25) is 0 Å². The van der Waals surface area contributed by atoms with E-state index in [1.807, 2.05) is 73.0 Å². The van der Waals surface area contributed by atoms with Crippen molar-refractivity contribution < 1.29 is 9.59 Å². The van der Waals surface area contributed by atoms with Gasteiger partial charge >= 0.3 is 0 Å². The zero-order valence-electron chi connectivity index (χ0n) is 21.8. The van der Waals surface area contributed by atoms with Gasteiger partial charge in [-0.15, -0.1) is 0 Å². The Morgan fingerprint density at radius 1 is 0.833 bits per heavy atom. The van der Waals surface area contributed by atoms with Crippen molar-refractivity contribution in [1.29, 1.82) is 0 Å². The number of rotatable bonds is 7. The molecule has 0 spiro atoms. The lowest BCUT2D eigenvalue weighted by Gasteiger charge is -2.19. The van der Waals surface area contributed by atoms with Crippen molar-refractivity contribution >= 4 is 34.1 Å². The van der Waals surface area contributed by atoms with Gasteiger partial charge < -0.3 is 15.2 Å². The SMILES string of the molecule is CC(C)CC(=O)Nc1ccc2c(c1)cc(C(=O)Nc1ccccc1)n2Cc1ccc(C(C)(C)C)cc1. The first-order valence-corrected chi connectivity index (χ1v) is 12.5. The number of nitrogens with zero attached hydrogens (tertiary/aromatic N) is 1. The van der Waals surface area contributed by atoms with Crippen molar-refractivity contribution in [3.8, 4) is 0 Å². The number of carbonyl (C=O) groups is 2. The highest BCUT2D eigenvalue weighted by atomic mass is 16.2. The quantitative estimate of drug-likeness (QED) is 0.293. The molecule has 5 heteroatoms. The van der Waals surface area contributed by atoms with E-state index in [-0.39, 0.29) is 23.1 Å². The molecule has 36 heavy (non-hydrogen) atoms. The van der Waals surface area contributed by atoms with Gasteiger partial charge in [-0.2, -0.15) is 0 Å². The third-order valence-corrected chi connectivity index (χ3v) is 6.20. The molecule has 2 amide bonds. The Hall–Kier alpha value is -3.86. The second-order valence-electron chi connectivity index (χ2n) is 10.8. The van der Waals surface area contributed by atoms with Crippen molar-refractivity contribution in [1.82, 2.24) is 4.57 Å². The number of carbonyl (C=O) groups excluding carboxylic acids is 2. The predicted molar refractivity (Wildman–Crippen MR) is 149 cm³/mol. The molecule has 2 N–H and O–H groups in total. The van der Waals surface area contributed by atoms with Crippen LogP contribution in [0.4, 0.5) is 11.4 Å². The van der Waals surface area contributed by atoms with E-state index in [2.05, 4.69) is 55.7 Å². The molecule has 4 aromatic rings. The van der Waals surface area contributed by atoms with Gasteiger partial charge in [0, 0.05) is 35.2 Å². The standard InChI is InChI=1S/C31H35N3O2/c1-21(2)17-29(35)32-26-15-16-27-23(18-26)19-28(30(36)33-25-9-7-6-8-10-25)34(27)20-22-11-13-24(14-12-22)31(3,4)5/h6-16,18-19,21H,17,20H2,1-5H3,(H,32,35)(H,33,36). The molecule has 3 aromatic carbocycles. The molecule has 186 valence electrons. The summed E-state index contributed by atoms with van der Waals surface area (Å²) in [6, 6.07) is 25.8. The Morgan fingerprint density at radius 2 is 1.53 bits per heavy atom. The van der Waals surface area contributed by atoms with Crippen molar-refractivity contribution in [2.75, 3.05) is 10.6 Å². The average molecular weight is 482 g/mol. The minimum Gasteiger partial charge on any atom is -0.332 e. The number of amides is 2. The normalized spacial score (nSPS) is 11.6. The molecular formula is C31H35N3O2. The van der Waals surface area contributed by atoms with Crippen LogP contribution in [-0.2, 0) is 16.8 Å². The lowest BCUT2D eigenvalue weighted by Crippen LogP contribution is -2.17. The van der Waals surface area contributed by atoms with Gasteiger partial charge in [0.25, 0.3) is 5.91 Å². The number of nitrogens with one attached hydrogen (secondary N) is 2. The predicted octanol–water partition coefficient (Wildman–Crippen LogP) is 7.22. The van der Waals surface area contributed by atoms with E-state index >= 15 is 0 Å². The minimum atomic E-state index is -0.172. The van der Waals surface area contributed by atoms with Crippen LogP contribution in [0.15, 0.2) is 78.9 Å². The molecule has 0 aliphatic rings. The Morgan fingerprint density at radius 3 is 2.17 bits per heavy atom. The van der Waals surface area contributed by atoms with Crippen LogP contribution in [0, 0.1) is 5.92 Å². The number of para-hydroxylation sites is 1. The second-order valence-corrected chi connectivity index (χ2v) is 10.8. The van der Waals surface area contributed by atoms with E-state index in [9.17, 15) is 9.59 Å². The molecule has 0 aliphatic carbocycles. The molecule has 0 aliphatic heterocycles. The van der Waals surface area contributed by atoms with Crippen LogP contribution in [0.3, 0.4) is 0 Å². The van der Waals surface area contributed by atoms with Gasteiger partial charge in [0.05, 0.1) is 0 Å². The lowest BCUT2D eigenvalue weighted by atomic mass is 9.87. The first-order valence-electron chi connectivity index (χ1n) is 12.5. The molecular weight excluding hydrogens is 446 g/mol. The van der Waals surface area contributed by atoms with E-state index in [4.69, 9.17) is 0 Å². The minimum absolute atomic E-state index is 0.00948. The van der Waals surface area contributed by atoms with Crippen LogP contribution in [0.1, 0.15) is 62.7 Å². The highest BCUT2D eigenvalue weighted by Crippen LogP contribution is 2.27. The zero-order valence-corrected chi connectivity index (χ0v) is 21.8. The van der Waals surface area contributed by atoms with E-state index in [0.29, 0.717) is 18.7 Å². The Kier molecular flexibility index (Phi) is 7.30. The number of hydrogen-bond acceptors (Lipinski definition) is 2. The number of hydrogen-bond donors (Lipinski definition) is 2. The molecule has 0 radical (unpaired) electrons. The van der Waals surface area contributed by atoms with Gasteiger partial charge in [0.15, 0.2) is 0 Å². The summed E-state index contributed by atoms with van der Waals surface area (Å²) in [7, 11) is 0. The van der Waals surface area contributed by atoms with Gasteiger partial charge in [-0.05, 0) is 58.9 Å². The molecule has 5 nitrogen and oxygen atoms in total. The third-order valence-electron chi connectivity index (χ3n) is 6.20. The average Bonchev–Trinajstić information content (AvgIpc) is 3.16. The maximum absolute atomic E-state index is 13.4. The molecule has 0 saturated heterocycles. The Bertz CT molecular complexity index is 1360. The van der Waals surface area contributed by atoms with E-state index in [1.54, 1.807) is 0 Å². The van der Waals surface area contributed by atoms with Crippen molar-refractivity contribution in [2.24, 2.45) is 5.92 Å². The summed E-state index contributed by atoms with van der Waals surface area (Å²) in [5.74, 6) is 0.103. The fraction of sp³-hybridized carbons (Fsp3) is 0.290. The summed E-state index contributed by atoms with van der Waals surface area (Å²) in [6.45, 7) is 11.2. The van der Waals surface area contributed by atoms with Gasteiger partial charge in [-0.25, -0.2) is 0 Å². The van der Waals surface area contributed by atoms with Crippen molar-refractivity contribution in [2.45, 2.75) is 53.0 Å². The smallest absolute Gasteiger partial charge is 0.272 e. The van der Waals surface area contributed by atoms with Crippen LogP contribution >= 0.6 is 0 Å². The summed E-state index contributed by atoms with van der Waals surface area (Å²) in [5, 5.41) is 6.90. The van der Waals surface area contributed by atoms with Crippen LogP contribution in [0.5, 0.6) is 0 Å². The number of anilines is 2. The van der Waals surface area contributed by atoms with Gasteiger partial charge in [-0.1, -0.05) is 77.1 Å². The molecule has 0 fully saturated rings. The van der Waals surface area contributed by atoms with Crippen LogP contribution < -0.4 is 10.6 Å². The van der Waals surface area contributed by atoms with Crippen molar-refractivity contribution in [3.63, 3.8) is 0 Å². The summed E-state index contributed by atoms with van der Waals surface area (Å²) in [6.07, 6.45) is 0.467. The van der Waals surface area contributed by atoms with Crippen LogP contribution in [0.25, 0.3) is 10.9 Å². The Balaban J connectivity index is 1.70. The second kappa shape index (κ2) is 10.4. The third kappa shape index (κ3) is 6.03. The molecule has 0 atom stereocenters. The summed E-state index contributed by atoms with van der Waals surface area (Å²) in [5.41, 5.74) is 5.45. The highest BCUT2D eigenvalue weighted by molar-refractivity contribution is 6.07. The molecule has 1 aromatic heterocycles. The van der Waals surface area contributed by atoms with Crippen LogP contribution in [-0.4, -0.2) is 16.4 Å². The lowest BCUT2D eigenvalue weighted by molar-refractivity contribution is -0.116. The monoisotopic (exact) mass is 481 g/mol. The number of aromatic nitrogens is 1. The molecule has 4 rings (SSSR count). The Labute approximate surface area is 213 Å². The number of fused-ring (bicyclic) bond motifs is 1. The first kappa shape index (κ1) is 25.2. The first-order chi connectivity index (χ1) is 17.1. The van der Waals surface area contributed by atoms with Crippen molar-refractivity contribution in [3.05, 3.63) is 95.7 Å². The summed E-state index contributed by atoms with van der Waals surface area (Å²) in [4.78, 5) is 25.7.